The highest BCUT2D eigenvalue weighted by molar-refractivity contribution is 5.29. The topological polar surface area (TPSA) is 51.1 Å². The number of nitrogens with zero attached hydrogens (tertiary/aromatic N) is 2. The molecule has 0 aliphatic carbocycles. The average molecular weight is 453 g/mol. The molecule has 3 atom stereocenters. The van der Waals surface area contributed by atoms with Crippen LogP contribution >= 0.6 is 0 Å². The molecule has 34 heavy (non-hydrogen) atoms. The van der Waals surface area contributed by atoms with Crippen LogP contribution in [-0.4, -0.2) is 28.7 Å². The summed E-state index contributed by atoms with van der Waals surface area (Å²) >= 11 is 0. The highest BCUT2D eigenvalue weighted by atomic mass is 16.5. The van der Waals surface area contributed by atoms with Crippen LogP contribution in [0.5, 0.6) is 5.75 Å². The molecule has 174 valence electrons. The van der Waals surface area contributed by atoms with E-state index in [1.807, 2.05) is 12.5 Å². The van der Waals surface area contributed by atoms with Gasteiger partial charge in [0.2, 0.25) is 0 Å². The monoisotopic (exact) mass is 452 g/mol. The molecule has 0 bridgehead atoms. The molecule has 1 fully saturated rings. The molecule has 2 heterocycles. The Morgan fingerprint density at radius 2 is 1.56 bits per heavy atom. The largest absolute Gasteiger partial charge is 0.494 e. The summed E-state index contributed by atoms with van der Waals surface area (Å²) < 4.78 is 8.08. The Labute approximate surface area is 201 Å². The number of aromatic nitrogens is 2. The molecule has 1 saturated heterocycles. The summed E-state index contributed by atoms with van der Waals surface area (Å²) in [4.78, 5) is 4.09. The third kappa shape index (κ3) is 5.74. The Kier molecular flexibility index (Phi) is 7.34. The number of rotatable bonds is 9. The van der Waals surface area contributed by atoms with Gasteiger partial charge in [0.15, 0.2) is 0 Å². The first-order valence-electron chi connectivity index (χ1n) is 12.1. The normalized spacial score (nSPS) is 20.2. The molecule has 3 aromatic carbocycles. The van der Waals surface area contributed by atoms with Gasteiger partial charge >= 0.3 is 0 Å². The predicted octanol–water partition coefficient (Wildman–Crippen LogP) is 5.13. The number of ether oxygens (including phenoxy) is 1. The lowest BCUT2D eigenvalue weighted by atomic mass is 9.89. The first kappa shape index (κ1) is 22.4. The van der Waals surface area contributed by atoms with Crippen molar-refractivity contribution in [3.05, 3.63) is 120 Å². The maximum absolute atomic E-state index is 6.02. The summed E-state index contributed by atoms with van der Waals surface area (Å²) in [7, 11) is 0. The number of hydrogen-bond acceptors (Lipinski definition) is 4. The average Bonchev–Trinajstić information content (AvgIpc) is 3.42. The van der Waals surface area contributed by atoms with Gasteiger partial charge in [-0.1, -0.05) is 72.8 Å². The quantitative estimate of drug-likeness (QED) is 0.346. The molecule has 2 N–H and O–H groups in total. The maximum atomic E-state index is 6.02. The highest BCUT2D eigenvalue weighted by Crippen LogP contribution is 2.32. The van der Waals surface area contributed by atoms with E-state index in [0.717, 1.165) is 38.3 Å². The van der Waals surface area contributed by atoms with Crippen molar-refractivity contribution in [2.45, 2.75) is 37.5 Å². The van der Waals surface area contributed by atoms with Gasteiger partial charge in [-0.25, -0.2) is 4.98 Å². The third-order valence-corrected chi connectivity index (χ3v) is 6.46. The van der Waals surface area contributed by atoms with Crippen molar-refractivity contribution in [1.29, 1.82) is 0 Å². The minimum Gasteiger partial charge on any atom is -0.494 e. The van der Waals surface area contributed by atoms with E-state index >= 15 is 0 Å². The first-order chi connectivity index (χ1) is 16.8. The molecule has 0 spiro atoms. The molecule has 5 rings (SSSR count). The Bertz CT molecular complexity index is 1110. The van der Waals surface area contributed by atoms with Crippen LogP contribution in [0, 0.1) is 0 Å². The molecule has 0 amide bonds. The van der Waals surface area contributed by atoms with Crippen LogP contribution in [0.15, 0.2) is 104 Å². The lowest BCUT2D eigenvalue weighted by molar-refractivity contribution is 0.242. The molecular formula is C29H32N4O. The van der Waals surface area contributed by atoms with Crippen molar-refractivity contribution in [1.82, 2.24) is 20.2 Å². The number of imidazole rings is 1. The molecule has 0 saturated carbocycles. The summed E-state index contributed by atoms with van der Waals surface area (Å²) in [6.07, 6.45) is 7.69. The molecular weight excluding hydrogens is 420 g/mol. The van der Waals surface area contributed by atoms with Gasteiger partial charge in [0.25, 0.3) is 0 Å². The van der Waals surface area contributed by atoms with E-state index in [0.29, 0.717) is 6.04 Å². The first-order valence-corrected chi connectivity index (χ1v) is 12.1. The van der Waals surface area contributed by atoms with Gasteiger partial charge < -0.3 is 19.9 Å². The molecule has 3 unspecified atom stereocenters. The zero-order valence-electron chi connectivity index (χ0n) is 19.4. The molecule has 1 aromatic heterocycles. The van der Waals surface area contributed by atoms with Crippen molar-refractivity contribution in [3.8, 4) is 5.75 Å². The molecule has 5 heteroatoms. The van der Waals surface area contributed by atoms with E-state index in [1.54, 1.807) is 6.20 Å². The molecule has 1 aliphatic heterocycles. The zero-order valence-corrected chi connectivity index (χ0v) is 19.4. The molecule has 0 radical (unpaired) electrons. The summed E-state index contributed by atoms with van der Waals surface area (Å²) in [6, 6.07) is 30.8. The lowest BCUT2D eigenvalue weighted by Gasteiger charge is -2.39. The van der Waals surface area contributed by atoms with Crippen molar-refractivity contribution < 1.29 is 4.74 Å². The number of nitrogens with one attached hydrogen (secondary N) is 2. The van der Waals surface area contributed by atoms with Gasteiger partial charge in [-0.2, -0.15) is 0 Å². The summed E-state index contributed by atoms with van der Waals surface area (Å²) in [5.74, 6) is 0.926. The number of hydrogen-bond donors (Lipinski definition) is 2. The summed E-state index contributed by atoms with van der Waals surface area (Å²) in [5.41, 5.74) is 3.88. The predicted molar refractivity (Wildman–Crippen MR) is 136 cm³/mol. The van der Waals surface area contributed by atoms with E-state index < -0.39 is 0 Å². The Hall–Kier alpha value is -3.41. The maximum Gasteiger partial charge on any atom is 0.119 e. The van der Waals surface area contributed by atoms with Gasteiger partial charge in [0, 0.05) is 31.5 Å². The minimum atomic E-state index is 0.242. The Balaban J connectivity index is 1.13. The van der Waals surface area contributed by atoms with Crippen LogP contribution in [0.25, 0.3) is 0 Å². The Morgan fingerprint density at radius 3 is 2.24 bits per heavy atom. The molecule has 1 aliphatic rings. The standard InChI is InChI=1S/C29H32N4O/c1-3-8-24(9-4-1)28-29(25-10-5-2-6-11-25)32-26(20-31-28)12-7-19-34-27-15-13-23(14-16-27)21-33-18-17-30-22-33/h1-6,8-11,13-18,22,26,28-29,31-32H,7,12,19-21H2. The van der Waals surface area contributed by atoms with Gasteiger partial charge in [-0.3, -0.25) is 0 Å². The SMILES string of the molecule is c1ccc(C2NCC(CCCOc3ccc(Cn4ccnc4)cc3)NC2c2ccccc2)cc1. The van der Waals surface area contributed by atoms with Gasteiger partial charge in [-0.15, -0.1) is 0 Å². The number of piperazine rings is 1. The van der Waals surface area contributed by atoms with E-state index in [1.165, 1.54) is 16.7 Å². The van der Waals surface area contributed by atoms with E-state index in [9.17, 15) is 0 Å². The second kappa shape index (κ2) is 11.1. The van der Waals surface area contributed by atoms with Crippen LogP contribution < -0.4 is 15.4 Å². The fourth-order valence-electron chi connectivity index (χ4n) is 4.70. The fourth-order valence-corrected chi connectivity index (χ4v) is 4.70. The van der Waals surface area contributed by atoms with Crippen molar-refractivity contribution in [2.75, 3.05) is 13.2 Å². The van der Waals surface area contributed by atoms with E-state index in [-0.39, 0.29) is 12.1 Å². The number of benzene rings is 3. The van der Waals surface area contributed by atoms with Crippen molar-refractivity contribution >= 4 is 0 Å². The van der Waals surface area contributed by atoms with E-state index in [2.05, 4.69) is 105 Å². The second-order valence-corrected chi connectivity index (χ2v) is 8.92. The van der Waals surface area contributed by atoms with Crippen LogP contribution in [0.2, 0.25) is 0 Å². The van der Waals surface area contributed by atoms with Gasteiger partial charge in [0.1, 0.15) is 5.75 Å². The van der Waals surface area contributed by atoms with Crippen LogP contribution in [-0.2, 0) is 6.54 Å². The van der Waals surface area contributed by atoms with Crippen molar-refractivity contribution in [2.24, 2.45) is 0 Å². The molecule has 5 nitrogen and oxygen atoms in total. The minimum absolute atomic E-state index is 0.242. The fraction of sp³-hybridized carbons (Fsp3) is 0.276. The lowest BCUT2D eigenvalue weighted by Crippen LogP contribution is -2.52. The van der Waals surface area contributed by atoms with Crippen molar-refractivity contribution in [3.63, 3.8) is 0 Å². The second-order valence-electron chi connectivity index (χ2n) is 8.92. The highest BCUT2D eigenvalue weighted by Gasteiger charge is 2.31. The summed E-state index contributed by atoms with van der Waals surface area (Å²) in [6.45, 7) is 2.50. The van der Waals surface area contributed by atoms with Crippen LogP contribution in [0.3, 0.4) is 0 Å². The van der Waals surface area contributed by atoms with Gasteiger partial charge in [-0.05, 0) is 41.7 Å². The zero-order chi connectivity index (χ0) is 23.0. The van der Waals surface area contributed by atoms with Gasteiger partial charge in [0.05, 0.1) is 25.0 Å². The van der Waals surface area contributed by atoms with Crippen LogP contribution in [0.4, 0.5) is 0 Å². The smallest absolute Gasteiger partial charge is 0.119 e. The van der Waals surface area contributed by atoms with E-state index in [4.69, 9.17) is 4.74 Å². The summed E-state index contributed by atoms with van der Waals surface area (Å²) in [5, 5.41) is 7.73. The third-order valence-electron chi connectivity index (χ3n) is 6.46. The van der Waals surface area contributed by atoms with Crippen LogP contribution in [0.1, 0.15) is 41.6 Å². The molecule has 4 aromatic rings. The Morgan fingerprint density at radius 1 is 0.853 bits per heavy atom.